The SMILES string of the molecule is CCCCCCCCCCCCC(O)CN(CCCCCCCC(=O)OC(CCCCCC)CCCCCC)CC(C)n1ccnc1. The summed E-state index contributed by atoms with van der Waals surface area (Å²) >= 11 is 0. The molecular weight excluding hydrogens is 582 g/mol. The van der Waals surface area contributed by atoms with Crippen LogP contribution in [0.15, 0.2) is 18.7 Å². The van der Waals surface area contributed by atoms with E-state index in [-0.39, 0.29) is 18.2 Å². The first-order chi connectivity index (χ1) is 23.0. The number of carbonyl (C=O) groups excluding carboxylic acids is 1. The van der Waals surface area contributed by atoms with Crippen LogP contribution in [0.5, 0.6) is 0 Å². The van der Waals surface area contributed by atoms with E-state index in [1.165, 1.54) is 109 Å². The van der Waals surface area contributed by atoms with E-state index in [2.05, 4.69) is 42.1 Å². The van der Waals surface area contributed by atoms with Crippen molar-refractivity contribution in [2.75, 3.05) is 19.6 Å². The van der Waals surface area contributed by atoms with Gasteiger partial charge < -0.3 is 14.4 Å². The van der Waals surface area contributed by atoms with E-state index in [4.69, 9.17) is 4.74 Å². The van der Waals surface area contributed by atoms with Gasteiger partial charge in [0.2, 0.25) is 0 Å². The average molecular weight is 662 g/mol. The zero-order valence-corrected chi connectivity index (χ0v) is 31.8. The van der Waals surface area contributed by atoms with Crippen molar-refractivity contribution in [2.45, 2.75) is 219 Å². The third-order valence-electron chi connectivity index (χ3n) is 9.83. The van der Waals surface area contributed by atoms with Crippen LogP contribution in [0, 0.1) is 0 Å². The minimum atomic E-state index is -0.257. The molecular formula is C41H79N3O3. The smallest absolute Gasteiger partial charge is 0.306 e. The standard InChI is InChI=1S/C41H79N3O3/c1-5-8-11-14-15-16-17-18-20-23-28-39(45)36-43(35-38(4)44-34-32-42-37-44)33-27-22-19-21-26-31-41(46)47-40(29-24-12-9-6-2)30-25-13-10-7-3/h32,34,37-40,45H,5-31,33,35-36H2,1-4H3. The highest BCUT2D eigenvalue weighted by molar-refractivity contribution is 5.69. The fraction of sp³-hybridized carbons (Fsp3) is 0.902. The van der Waals surface area contributed by atoms with Gasteiger partial charge in [0.1, 0.15) is 6.10 Å². The number of hydrogen-bond donors (Lipinski definition) is 1. The first kappa shape index (κ1) is 43.6. The molecule has 0 saturated carbocycles. The van der Waals surface area contributed by atoms with Crippen LogP contribution in [0.3, 0.4) is 0 Å². The summed E-state index contributed by atoms with van der Waals surface area (Å²) in [7, 11) is 0. The van der Waals surface area contributed by atoms with E-state index in [0.29, 0.717) is 12.5 Å². The van der Waals surface area contributed by atoms with Gasteiger partial charge in [-0.3, -0.25) is 9.69 Å². The normalized spacial score (nSPS) is 13.1. The number of esters is 1. The molecule has 0 aliphatic carbocycles. The second-order valence-corrected chi connectivity index (χ2v) is 14.6. The number of carbonyl (C=O) groups is 1. The van der Waals surface area contributed by atoms with Gasteiger partial charge in [-0.25, -0.2) is 4.98 Å². The Morgan fingerprint density at radius 1 is 0.681 bits per heavy atom. The minimum absolute atomic E-state index is 0.0112. The second-order valence-electron chi connectivity index (χ2n) is 14.6. The first-order valence-electron chi connectivity index (χ1n) is 20.6. The maximum Gasteiger partial charge on any atom is 0.306 e. The summed E-state index contributed by atoms with van der Waals surface area (Å²) in [6.07, 6.45) is 37.8. The predicted molar refractivity (Wildman–Crippen MR) is 201 cm³/mol. The van der Waals surface area contributed by atoms with E-state index < -0.39 is 0 Å². The molecule has 2 atom stereocenters. The summed E-state index contributed by atoms with van der Waals surface area (Å²) in [5.41, 5.74) is 0. The quantitative estimate of drug-likeness (QED) is 0.0579. The van der Waals surface area contributed by atoms with E-state index in [1.54, 1.807) is 0 Å². The number of aromatic nitrogens is 2. The lowest BCUT2D eigenvalue weighted by molar-refractivity contribution is -0.150. The number of hydrogen-bond acceptors (Lipinski definition) is 5. The summed E-state index contributed by atoms with van der Waals surface area (Å²) in [5.74, 6) is 0.0112. The number of imidazole rings is 1. The van der Waals surface area contributed by atoms with Crippen LogP contribution in [-0.2, 0) is 9.53 Å². The Labute approximate surface area is 292 Å². The maximum absolute atomic E-state index is 12.6. The molecule has 0 aromatic carbocycles. The molecule has 1 N–H and O–H groups in total. The Hall–Kier alpha value is -1.40. The third-order valence-corrected chi connectivity index (χ3v) is 9.83. The fourth-order valence-electron chi connectivity index (χ4n) is 6.75. The number of unbranched alkanes of at least 4 members (excludes halogenated alkanes) is 19. The Morgan fingerprint density at radius 3 is 1.72 bits per heavy atom. The highest BCUT2D eigenvalue weighted by Crippen LogP contribution is 2.18. The van der Waals surface area contributed by atoms with Crippen molar-refractivity contribution in [3.8, 4) is 0 Å². The highest BCUT2D eigenvalue weighted by atomic mass is 16.5. The zero-order valence-electron chi connectivity index (χ0n) is 31.8. The fourth-order valence-corrected chi connectivity index (χ4v) is 6.75. The Kier molecular flexibility index (Phi) is 29.6. The molecule has 0 fully saturated rings. The lowest BCUT2D eigenvalue weighted by atomic mass is 10.0. The van der Waals surface area contributed by atoms with Gasteiger partial charge >= 0.3 is 5.97 Å². The molecule has 1 aromatic heterocycles. The number of rotatable bonds is 35. The minimum Gasteiger partial charge on any atom is -0.462 e. The molecule has 0 spiro atoms. The number of nitrogens with zero attached hydrogens (tertiary/aromatic N) is 3. The molecule has 47 heavy (non-hydrogen) atoms. The summed E-state index contributed by atoms with van der Waals surface area (Å²) in [5, 5.41) is 10.9. The lowest BCUT2D eigenvalue weighted by Crippen LogP contribution is -2.37. The van der Waals surface area contributed by atoms with Crippen LogP contribution in [0.2, 0.25) is 0 Å². The van der Waals surface area contributed by atoms with Crippen LogP contribution in [-0.4, -0.2) is 57.4 Å². The topological polar surface area (TPSA) is 67.6 Å². The van der Waals surface area contributed by atoms with Crippen LogP contribution in [0.4, 0.5) is 0 Å². The molecule has 1 heterocycles. The largest absolute Gasteiger partial charge is 0.462 e. The Morgan fingerprint density at radius 2 is 1.17 bits per heavy atom. The van der Waals surface area contributed by atoms with Crippen molar-refractivity contribution in [1.82, 2.24) is 14.5 Å². The number of aliphatic hydroxyl groups is 1. The molecule has 0 radical (unpaired) electrons. The molecule has 6 nitrogen and oxygen atoms in total. The molecule has 0 saturated heterocycles. The zero-order chi connectivity index (χ0) is 34.2. The van der Waals surface area contributed by atoms with Gasteiger partial charge in [-0.05, 0) is 58.4 Å². The summed E-state index contributed by atoms with van der Waals surface area (Å²) in [6, 6.07) is 0.329. The van der Waals surface area contributed by atoms with Crippen molar-refractivity contribution in [3.63, 3.8) is 0 Å². The third kappa shape index (κ3) is 26.2. The maximum atomic E-state index is 12.6. The molecule has 2 unspecified atom stereocenters. The van der Waals surface area contributed by atoms with Crippen LogP contribution < -0.4 is 0 Å². The summed E-state index contributed by atoms with van der Waals surface area (Å²) < 4.78 is 8.14. The number of ether oxygens (including phenoxy) is 1. The average Bonchev–Trinajstić information content (AvgIpc) is 3.61. The van der Waals surface area contributed by atoms with Gasteiger partial charge in [0.15, 0.2) is 0 Å². The molecule has 0 amide bonds. The molecule has 6 heteroatoms. The second kappa shape index (κ2) is 31.8. The van der Waals surface area contributed by atoms with Gasteiger partial charge in [0.25, 0.3) is 0 Å². The lowest BCUT2D eigenvalue weighted by Gasteiger charge is -2.28. The monoisotopic (exact) mass is 662 g/mol. The molecule has 1 aromatic rings. The first-order valence-corrected chi connectivity index (χ1v) is 20.6. The van der Waals surface area contributed by atoms with Gasteiger partial charge in [0.05, 0.1) is 12.4 Å². The van der Waals surface area contributed by atoms with Crippen molar-refractivity contribution < 1.29 is 14.6 Å². The Balaban J connectivity index is 2.31. The van der Waals surface area contributed by atoms with Gasteiger partial charge in [-0.15, -0.1) is 0 Å². The van der Waals surface area contributed by atoms with Crippen LogP contribution in [0.25, 0.3) is 0 Å². The van der Waals surface area contributed by atoms with Crippen molar-refractivity contribution >= 4 is 5.97 Å². The summed E-state index contributed by atoms with van der Waals surface area (Å²) in [6.45, 7) is 11.7. The molecule has 276 valence electrons. The van der Waals surface area contributed by atoms with Crippen molar-refractivity contribution in [1.29, 1.82) is 0 Å². The van der Waals surface area contributed by atoms with Gasteiger partial charge in [0, 0.05) is 37.9 Å². The van der Waals surface area contributed by atoms with E-state index in [1.807, 2.05) is 18.7 Å². The van der Waals surface area contributed by atoms with E-state index >= 15 is 0 Å². The highest BCUT2D eigenvalue weighted by Gasteiger charge is 2.16. The van der Waals surface area contributed by atoms with Crippen molar-refractivity contribution in [2.24, 2.45) is 0 Å². The molecule has 0 aliphatic heterocycles. The molecule has 1 rings (SSSR count). The predicted octanol–water partition coefficient (Wildman–Crippen LogP) is 11.6. The number of aliphatic hydroxyl groups excluding tert-OH is 1. The van der Waals surface area contributed by atoms with E-state index in [9.17, 15) is 9.90 Å². The van der Waals surface area contributed by atoms with Gasteiger partial charge in [-0.2, -0.15) is 0 Å². The Bertz CT molecular complexity index is 775. The molecule has 0 aliphatic rings. The van der Waals surface area contributed by atoms with Gasteiger partial charge in [-0.1, -0.05) is 143 Å². The summed E-state index contributed by atoms with van der Waals surface area (Å²) in [4.78, 5) is 19.3. The van der Waals surface area contributed by atoms with Crippen LogP contribution in [0.1, 0.15) is 207 Å². The van der Waals surface area contributed by atoms with E-state index in [0.717, 1.165) is 77.4 Å². The van der Waals surface area contributed by atoms with Crippen LogP contribution >= 0.6 is 0 Å². The molecule has 0 bridgehead atoms. The van der Waals surface area contributed by atoms with Crippen molar-refractivity contribution in [3.05, 3.63) is 18.7 Å².